The molecule has 3 atom stereocenters. The molecule has 1 fully saturated rings. The van der Waals surface area contributed by atoms with Crippen molar-refractivity contribution in [2.24, 2.45) is 0 Å². The Morgan fingerprint density at radius 3 is 3.18 bits per heavy atom. The fraction of sp³-hybridized carbons (Fsp3) is 0.471. The van der Waals surface area contributed by atoms with E-state index in [-0.39, 0.29) is 17.7 Å². The molecule has 1 aliphatic carbocycles. The molecule has 2 aliphatic rings. The number of carbonyl (C=O) groups excluding carboxylic acids is 1. The third-order valence-corrected chi connectivity index (χ3v) is 5.52. The number of aromatic nitrogens is 1. The number of hydrogen-bond acceptors (Lipinski definition) is 3. The third-order valence-electron chi connectivity index (χ3n) is 5.23. The van der Waals surface area contributed by atoms with E-state index >= 15 is 0 Å². The van der Waals surface area contributed by atoms with Crippen LogP contribution >= 0.6 is 12.6 Å². The van der Waals surface area contributed by atoms with Crippen LogP contribution in [0.25, 0.3) is 10.9 Å². The standard InChI is InChI=1S/C17H21N3OS/c1-20-8-11(19-16(21)9-22)6-13-12-3-2-4-14-17(12)10(7-18-14)5-15(13)20/h2-4,7,11,13,15,18,22H,5-6,8-9H2,1H3,(H,19,21). The van der Waals surface area contributed by atoms with Gasteiger partial charge in [0.2, 0.25) is 5.91 Å². The Bertz CT molecular complexity index is 726. The number of piperidine rings is 1. The van der Waals surface area contributed by atoms with E-state index < -0.39 is 0 Å². The first-order valence-corrected chi connectivity index (χ1v) is 8.50. The number of amides is 1. The van der Waals surface area contributed by atoms with Crippen molar-refractivity contribution in [1.82, 2.24) is 15.2 Å². The highest BCUT2D eigenvalue weighted by molar-refractivity contribution is 7.81. The second-order valence-electron chi connectivity index (χ2n) is 6.56. The number of nitrogens with zero attached hydrogens (tertiary/aromatic N) is 1. The van der Waals surface area contributed by atoms with E-state index in [0.717, 1.165) is 19.4 Å². The number of aromatic amines is 1. The predicted molar refractivity (Wildman–Crippen MR) is 91.6 cm³/mol. The number of carbonyl (C=O) groups is 1. The van der Waals surface area contributed by atoms with Crippen LogP contribution in [-0.2, 0) is 11.2 Å². The maximum absolute atomic E-state index is 11.7. The number of rotatable bonds is 2. The van der Waals surface area contributed by atoms with Crippen molar-refractivity contribution >= 4 is 29.4 Å². The van der Waals surface area contributed by atoms with E-state index in [1.165, 1.54) is 22.0 Å². The summed E-state index contributed by atoms with van der Waals surface area (Å²) in [6, 6.07) is 7.28. The van der Waals surface area contributed by atoms with Gasteiger partial charge in [-0.15, -0.1) is 0 Å². The summed E-state index contributed by atoms with van der Waals surface area (Å²) >= 11 is 4.07. The second-order valence-corrected chi connectivity index (χ2v) is 6.88. The first-order chi connectivity index (χ1) is 10.7. The molecule has 2 aromatic rings. The number of likely N-dealkylation sites (N-methyl/N-ethyl adjacent to an activating group) is 1. The monoisotopic (exact) mass is 315 g/mol. The van der Waals surface area contributed by atoms with Gasteiger partial charge in [-0.05, 0) is 37.1 Å². The van der Waals surface area contributed by atoms with Gasteiger partial charge < -0.3 is 15.2 Å². The molecule has 1 aliphatic heterocycles. The molecule has 116 valence electrons. The molecule has 1 aromatic heterocycles. The molecule has 4 nitrogen and oxygen atoms in total. The van der Waals surface area contributed by atoms with Crippen molar-refractivity contribution in [3.8, 4) is 0 Å². The molecule has 0 bridgehead atoms. The SMILES string of the molecule is CN1CC(NC(=O)CS)CC2c3cccc4[nH]cc(c34)CC21. The molecule has 0 saturated carbocycles. The summed E-state index contributed by atoms with van der Waals surface area (Å²) in [6.45, 7) is 0.913. The fourth-order valence-corrected chi connectivity index (χ4v) is 4.41. The van der Waals surface area contributed by atoms with Crippen LogP contribution in [0.5, 0.6) is 0 Å². The van der Waals surface area contributed by atoms with Gasteiger partial charge in [-0.25, -0.2) is 0 Å². The largest absolute Gasteiger partial charge is 0.361 e. The lowest BCUT2D eigenvalue weighted by Gasteiger charge is -2.45. The van der Waals surface area contributed by atoms with Crippen molar-refractivity contribution in [2.45, 2.75) is 30.8 Å². The minimum atomic E-state index is 0.0246. The lowest BCUT2D eigenvalue weighted by atomic mass is 9.74. The number of thiol groups is 1. The molecule has 0 spiro atoms. The molecule has 1 saturated heterocycles. The van der Waals surface area contributed by atoms with Gasteiger partial charge in [0.1, 0.15) is 0 Å². The smallest absolute Gasteiger partial charge is 0.229 e. The van der Waals surface area contributed by atoms with Gasteiger partial charge in [0.15, 0.2) is 0 Å². The van der Waals surface area contributed by atoms with Crippen molar-refractivity contribution in [2.75, 3.05) is 19.3 Å². The van der Waals surface area contributed by atoms with Gasteiger partial charge in [-0.1, -0.05) is 12.1 Å². The summed E-state index contributed by atoms with van der Waals surface area (Å²) in [6.07, 6.45) is 4.26. The molecule has 2 heterocycles. The minimum absolute atomic E-state index is 0.0246. The highest BCUT2D eigenvalue weighted by Gasteiger charge is 2.39. The van der Waals surface area contributed by atoms with E-state index in [9.17, 15) is 4.79 Å². The Balaban J connectivity index is 1.70. The molecule has 4 rings (SSSR count). The van der Waals surface area contributed by atoms with Crippen molar-refractivity contribution in [1.29, 1.82) is 0 Å². The van der Waals surface area contributed by atoms with Crippen LogP contribution in [0, 0.1) is 0 Å². The molecule has 2 N–H and O–H groups in total. The first kappa shape index (κ1) is 14.2. The van der Waals surface area contributed by atoms with E-state index in [1.54, 1.807) is 0 Å². The van der Waals surface area contributed by atoms with E-state index in [4.69, 9.17) is 0 Å². The van der Waals surface area contributed by atoms with Crippen molar-refractivity contribution in [3.63, 3.8) is 0 Å². The molecule has 1 amide bonds. The Kier molecular flexibility index (Phi) is 3.42. The molecular weight excluding hydrogens is 294 g/mol. The molecular formula is C17H21N3OS. The molecule has 1 aromatic carbocycles. The van der Waals surface area contributed by atoms with Crippen LogP contribution in [-0.4, -0.2) is 47.2 Å². The second kappa shape index (κ2) is 5.32. The number of H-pyrrole nitrogens is 1. The average molecular weight is 315 g/mol. The first-order valence-electron chi connectivity index (χ1n) is 7.86. The van der Waals surface area contributed by atoms with Crippen molar-refractivity contribution in [3.05, 3.63) is 35.5 Å². The number of likely N-dealkylation sites (tertiary alicyclic amines) is 1. The van der Waals surface area contributed by atoms with Gasteiger partial charge in [-0.3, -0.25) is 4.79 Å². The Morgan fingerprint density at radius 1 is 1.50 bits per heavy atom. The summed E-state index contributed by atoms with van der Waals surface area (Å²) in [5, 5.41) is 4.52. The topological polar surface area (TPSA) is 48.1 Å². The third kappa shape index (κ3) is 2.15. The fourth-order valence-electron chi connectivity index (χ4n) is 4.32. The van der Waals surface area contributed by atoms with E-state index in [0.29, 0.717) is 12.0 Å². The quantitative estimate of drug-likeness (QED) is 0.742. The highest BCUT2D eigenvalue weighted by Crippen LogP contribution is 2.42. The maximum atomic E-state index is 11.7. The van der Waals surface area contributed by atoms with Gasteiger partial charge in [0.25, 0.3) is 0 Å². The zero-order valence-corrected chi connectivity index (χ0v) is 13.6. The Labute approximate surface area is 135 Å². The number of nitrogens with one attached hydrogen (secondary N) is 2. The zero-order chi connectivity index (χ0) is 15.3. The van der Waals surface area contributed by atoms with E-state index in [1.807, 2.05) is 0 Å². The lowest BCUT2D eigenvalue weighted by molar-refractivity contribution is -0.119. The van der Waals surface area contributed by atoms with Gasteiger partial charge >= 0.3 is 0 Å². The van der Waals surface area contributed by atoms with Crippen LogP contribution in [0.15, 0.2) is 24.4 Å². The summed E-state index contributed by atoms with van der Waals surface area (Å²) in [7, 11) is 2.18. The Morgan fingerprint density at radius 2 is 2.36 bits per heavy atom. The zero-order valence-electron chi connectivity index (χ0n) is 12.7. The Hall–Kier alpha value is -1.46. The minimum Gasteiger partial charge on any atom is -0.361 e. The van der Waals surface area contributed by atoms with Crippen LogP contribution in [0.4, 0.5) is 0 Å². The lowest BCUT2D eigenvalue weighted by Crippen LogP contribution is -2.55. The van der Waals surface area contributed by atoms with Gasteiger partial charge in [0, 0.05) is 41.6 Å². The van der Waals surface area contributed by atoms with Crippen LogP contribution in [0.3, 0.4) is 0 Å². The van der Waals surface area contributed by atoms with Gasteiger partial charge in [0.05, 0.1) is 5.75 Å². The van der Waals surface area contributed by atoms with Crippen molar-refractivity contribution < 1.29 is 4.79 Å². The number of hydrogen-bond donors (Lipinski definition) is 3. The maximum Gasteiger partial charge on any atom is 0.229 e. The summed E-state index contributed by atoms with van der Waals surface area (Å²) in [5.74, 6) is 0.763. The summed E-state index contributed by atoms with van der Waals surface area (Å²) in [5.41, 5.74) is 4.09. The predicted octanol–water partition coefficient (Wildman–Crippen LogP) is 1.93. The summed E-state index contributed by atoms with van der Waals surface area (Å²) in [4.78, 5) is 17.5. The van der Waals surface area contributed by atoms with Crippen LogP contribution in [0.1, 0.15) is 23.5 Å². The number of fused-ring (bicyclic) bond motifs is 2. The number of benzene rings is 1. The average Bonchev–Trinajstić information content (AvgIpc) is 2.93. The van der Waals surface area contributed by atoms with E-state index in [2.05, 4.69) is 59.3 Å². The summed E-state index contributed by atoms with van der Waals surface area (Å²) < 4.78 is 0. The molecule has 5 heteroatoms. The molecule has 0 radical (unpaired) electrons. The molecule has 3 unspecified atom stereocenters. The van der Waals surface area contributed by atoms with Crippen LogP contribution < -0.4 is 5.32 Å². The van der Waals surface area contributed by atoms with Crippen LogP contribution in [0.2, 0.25) is 0 Å². The molecule has 22 heavy (non-hydrogen) atoms. The normalized spacial score (nSPS) is 27.6. The highest BCUT2D eigenvalue weighted by atomic mass is 32.1. The van der Waals surface area contributed by atoms with Gasteiger partial charge in [-0.2, -0.15) is 12.6 Å².